The van der Waals surface area contributed by atoms with Crippen LogP contribution in [0.15, 0.2) is 30.3 Å². The van der Waals surface area contributed by atoms with E-state index >= 15 is 0 Å². The number of urea groups is 1. The molecule has 1 saturated heterocycles. The van der Waals surface area contributed by atoms with Gasteiger partial charge in [0.25, 0.3) is 11.7 Å². The Morgan fingerprint density at radius 1 is 1.19 bits per heavy atom. The predicted molar refractivity (Wildman–Crippen MR) is 95.4 cm³/mol. The van der Waals surface area contributed by atoms with Crippen LogP contribution in [0.5, 0.6) is 0 Å². The van der Waals surface area contributed by atoms with Gasteiger partial charge in [0.1, 0.15) is 0 Å². The first kappa shape index (κ1) is 16.0. The van der Waals surface area contributed by atoms with Gasteiger partial charge in [-0.1, -0.05) is 0 Å². The van der Waals surface area contributed by atoms with E-state index in [2.05, 4.69) is 25.7 Å². The topological polar surface area (TPSA) is 105 Å². The van der Waals surface area contributed by atoms with Crippen molar-refractivity contribution in [1.82, 2.24) is 24.9 Å². The second kappa shape index (κ2) is 6.10. The van der Waals surface area contributed by atoms with E-state index in [0.717, 1.165) is 17.1 Å². The van der Waals surface area contributed by atoms with Crippen molar-refractivity contribution in [2.24, 2.45) is 0 Å². The number of rotatable bonds is 3. The lowest BCUT2D eigenvalue weighted by Gasteiger charge is -2.14. The predicted octanol–water partition coefficient (Wildman–Crippen LogP) is 1.52. The lowest BCUT2D eigenvalue weighted by Crippen LogP contribution is -2.27. The summed E-state index contributed by atoms with van der Waals surface area (Å²) >= 11 is 0. The maximum absolute atomic E-state index is 12.4. The summed E-state index contributed by atoms with van der Waals surface area (Å²) in [5.41, 5.74) is 3.04. The van der Waals surface area contributed by atoms with E-state index in [4.69, 9.17) is 0 Å². The van der Waals surface area contributed by atoms with Crippen LogP contribution in [0.4, 0.5) is 16.2 Å². The lowest BCUT2D eigenvalue weighted by atomic mass is 10.2. The summed E-state index contributed by atoms with van der Waals surface area (Å²) in [5, 5.41) is 9.72. The van der Waals surface area contributed by atoms with Gasteiger partial charge in [0, 0.05) is 35.9 Å². The van der Waals surface area contributed by atoms with E-state index < -0.39 is 5.91 Å². The Labute approximate surface area is 149 Å². The summed E-state index contributed by atoms with van der Waals surface area (Å²) in [7, 11) is 0. The van der Waals surface area contributed by atoms with Crippen molar-refractivity contribution < 1.29 is 9.59 Å². The summed E-state index contributed by atoms with van der Waals surface area (Å²) < 4.78 is 1.54. The van der Waals surface area contributed by atoms with Crippen LogP contribution in [0.1, 0.15) is 22.0 Å². The zero-order chi connectivity index (χ0) is 18.3. The molecular formula is C17H17N7O2. The number of anilines is 2. The van der Waals surface area contributed by atoms with E-state index in [9.17, 15) is 9.59 Å². The van der Waals surface area contributed by atoms with Gasteiger partial charge in [0.2, 0.25) is 5.82 Å². The number of hydrogen-bond donors (Lipinski definition) is 2. The fraction of sp³-hybridized carbons (Fsp3) is 0.235. The number of aromatic nitrogens is 4. The highest BCUT2D eigenvalue weighted by molar-refractivity contribution is 6.02. The van der Waals surface area contributed by atoms with Crippen LogP contribution in [0.25, 0.3) is 5.78 Å². The van der Waals surface area contributed by atoms with Crippen molar-refractivity contribution in [3.05, 3.63) is 47.5 Å². The minimum absolute atomic E-state index is 0.0502. The van der Waals surface area contributed by atoms with Gasteiger partial charge in [-0.25, -0.2) is 14.3 Å². The highest BCUT2D eigenvalue weighted by Crippen LogP contribution is 2.20. The standard InChI is InChI=1S/C17H17N7O2/c1-10-9-11(2)24-16(19-10)21-14(22-24)15(25)20-12-3-5-13(6-4-12)23-8-7-18-17(23)26/h3-6,9H,7-8H2,1-2H3,(H,18,26)(H,20,25). The molecule has 0 radical (unpaired) electrons. The summed E-state index contributed by atoms with van der Waals surface area (Å²) in [4.78, 5) is 34.2. The lowest BCUT2D eigenvalue weighted by molar-refractivity contribution is 0.101. The summed E-state index contributed by atoms with van der Waals surface area (Å²) in [6.07, 6.45) is 0. The second-order valence-corrected chi connectivity index (χ2v) is 6.07. The summed E-state index contributed by atoms with van der Waals surface area (Å²) in [6.45, 7) is 5.00. The molecule has 0 bridgehead atoms. The van der Waals surface area contributed by atoms with Crippen LogP contribution in [0.2, 0.25) is 0 Å². The van der Waals surface area contributed by atoms with Crippen LogP contribution >= 0.6 is 0 Å². The zero-order valence-corrected chi connectivity index (χ0v) is 14.4. The quantitative estimate of drug-likeness (QED) is 0.744. The first-order valence-corrected chi connectivity index (χ1v) is 8.19. The number of hydrogen-bond acceptors (Lipinski definition) is 5. The van der Waals surface area contributed by atoms with Gasteiger partial charge in [-0.15, -0.1) is 5.10 Å². The van der Waals surface area contributed by atoms with Crippen molar-refractivity contribution in [3.8, 4) is 0 Å². The molecule has 3 amide bonds. The second-order valence-electron chi connectivity index (χ2n) is 6.07. The molecule has 26 heavy (non-hydrogen) atoms. The van der Waals surface area contributed by atoms with Crippen molar-refractivity contribution in [3.63, 3.8) is 0 Å². The Morgan fingerprint density at radius 3 is 2.65 bits per heavy atom. The average Bonchev–Trinajstić information content (AvgIpc) is 3.22. The summed E-state index contributed by atoms with van der Waals surface area (Å²) in [5.74, 6) is 0.0245. The molecule has 132 valence electrons. The molecule has 3 aromatic rings. The van der Waals surface area contributed by atoms with Gasteiger partial charge in [-0.3, -0.25) is 9.69 Å². The van der Waals surface area contributed by atoms with E-state index in [-0.39, 0.29) is 11.9 Å². The smallest absolute Gasteiger partial charge is 0.321 e. The summed E-state index contributed by atoms with van der Waals surface area (Å²) in [6, 6.07) is 8.80. The molecule has 3 heterocycles. The van der Waals surface area contributed by atoms with Crippen molar-refractivity contribution in [2.75, 3.05) is 23.3 Å². The number of carbonyl (C=O) groups is 2. The average molecular weight is 351 g/mol. The van der Waals surface area contributed by atoms with Gasteiger partial charge >= 0.3 is 6.03 Å². The number of carbonyl (C=O) groups excluding carboxylic acids is 2. The number of fused-ring (bicyclic) bond motifs is 1. The maximum Gasteiger partial charge on any atom is 0.321 e. The van der Waals surface area contributed by atoms with E-state index in [0.29, 0.717) is 24.6 Å². The fourth-order valence-electron chi connectivity index (χ4n) is 2.89. The Hall–Kier alpha value is -3.49. The van der Waals surface area contributed by atoms with Gasteiger partial charge in [-0.05, 0) is 44.2 Å². The Kier molecular flexibility index (Phi) is 3.76. The number of aryl methyl sites for hydroxylation is 2. The molecule has 0 spiro atoms. The van der Waals surface area contributed by atoms with E-state index in [1.165, 1.54) is 4.52 Å². The highest BCUT2D eigenvalue weighted by atomic mass is 16.2. The van der Waals surface area contributed by atoms with Gasteiger partial charge in [-0.2, -0.15) is 4.98 Å². The zero-order valence-electron chi connectivity index (χ0n) is 14.4. The van der Waals surface area contributed by atoms with Crippen LogP contribution < -0.4 is 15.5 Å². The first-order valence-electron chi connectivity index (χ1n) is 8.19. The number of amides is 3. The molecule has 9 heteroatoms. The SMILES string of the molecule is Cc1cc(C)n2nc(C(=O)Nc3ccc(N4CCNC4=O)cc3)nc2n1. The monoisotopic (exact) mass is 351 g/mol. The minimum Gasteiger partial charge on any atom is -0.336 e. The molecule has 1 aromatic carbocycles. The normalized spacial score (nSPS) is 13.9. The van der Waals surface area contributed by atoms with E-state index in [1.807, 2.05) is 19.9 Å². The Balaban J connectivity index is 1.53. The third-order valence-electron chi connectivity index (χ3n) is 4.12. The van der Waals surface area contributed by atoms with Crippen molar-refractivity contribution in [1.29, 1.82) is 0 Å². The molecule has 1 aliphatic heterocycles. The van der Waals surface area contributed by atoms with Crippen LogP contribution in [0.3, 0.4) is 0 Å². The van der Waals surface area contributed by atoms with Gasteiger partial charge < -0.3 is 10.6 Å². The highest BCUT2D eigenvalue weighted by Gasteiger charge is 2.21. The third kappa shape index (κ3) is 2.83. The van der Waals surface area contributed by atoms with Gasteiger partial charge in [0.15, 0.2) is 0 Å². The Bertz CT molecular complexity index is 1010. The van der Waals surface area contributed by atoms with Crippen LogP contribution in [0, 0.1) is 13.8 Å². The molecule has 9 nitrogen and oxygen atoms in total. The fourth-order valence-corrected chi connectivity index (χ4v) is 2.89. The number of nitrogens with zero attached hydrogens (tertiary/aromatic N) is 5. The van der Waals surface area contributed by atoms with Crippen molar-refractivity contribution in [2.45, 2.75) is 13.8 Å². The maximum atomic E-state index is 12.4. The molecule has 4 rings (SSSR count). The van der Waals surface area contributed by atoms with Gasteiger partial charge in [0.05, 0.1) is 0 Å². The third-order valence-corrected chi connectivity index (χ3v) is 4.12. The number of nitrogens with one attached hydrogen (secondary N) is 2. The minimum atomic E-state index is -0.417. The Morgan fingerprint density at radius 2 is 1.96 bits per heavy atom. The molecule has 0 saturated carbocycles. The molecule has 0 aliphatic carbocycles. The van der Waals surface area contributed by atoms with Crippen molar-refractivity contribution >= 4 is 29.1 Å². The molecule has 2 aromatic heterocycles. The van der Waals surface area contributed by atoms with Crippen LogP contribution in [-0.4, -0.2) is 44.6 Å². The largest absolute Gasteiger partial charge is 0.336 e. The molecule has 0 unspecified atom stereocenters. The first-order chi connectivity index (χ1) is 12.5. The molecule has 1 aliphatic rings. The molecular weight excluding hydrogens is 334 g/mol. The van der Waals surface area contributed by atoms with Crippen LogP contribution in [-0.2, 0) is 0 Å². The van der Waals surface area contributed by atoms with E-state index in [1.54, 1.807) is 29.2 Å². The number of benzene rings is 1. The molecule has 0 atom stereocenters. The molecule has 2 N–H and O–H groups in total. The molecule has 1 fully saturated rings.